The predicted molar refractivity (Wildman–Crippen MR) is 76.0 cm³/mol. The summed E-state index contributed by atoms with van der Waals surface area (Å²) in [4.78, 5) is 42.1. The van der Waals surface area contributed by atoms with Gasteiger partial charge in [-0.15, -0.1) is 0 Å². The molecule has 0 saturated carbocycles. The molecule has 0 spiro atoms. The second kappa shape index (κ2) is 5.78. The van der Waals surface area contributed by atoms with Crippen LogP contribution in [-0.4, -0.2) is 31.7 Å². The van der Waals surface area contributed by atoms with E-state index in [2.05, 4.69) is 16.5 Å². The molecule has 0 bridgehead atoms. The number of nitrogens with one attached hydrogen (secondary N) is 1. The molecule has 8 nitrogen and oxygen atoms in total. The monoisotopic (exact) mass is 292 g/mol. The van der Waals surface area contributed by atoms with E-state index in [1.165, 1.54) is 10.9 Å². The van der Waals surface area contributed by atoms with Gasteiger partial charge >= 0.3 is 11.7 Å². The van der Waals surface area contributed by atoms with Crippen molar-refractivity contribution >= 4 is 17.1 Å². The fourth-order valence-electron chi connectivity index (χ4n) is 1.90. The first kappa shape index (κ1) is 14.8. The molecule has 2 aromatic rings. The average molecular weight is 292 g/mol. The SMILES string of the molecule is C=C(C)C(=O)OCCCn1c(=O)c2[nH]cnc2n(C)c1=O. The molecule has 0 aliphatic carbocycles. The number of aromatic nitrogens is 4. The Hall–Kier alpha value is -2.64. The first-order chi connectivity index (χ1) is 9.93. The van der Waals surface area contributed by atoms with Crippen molar-refractivity contribution in [1.82, 2.24) is 19.1 Å². The highest BCUT2D eigenvalue weighted by Crippen LogP contribution is 1.99. The predicted octanol–water partition coefficient (Wildman–Crippen LogP) is -0.0673. The van der Waals surface area contributed by atoms with E-state index in [-0.39, 0.29) is 18.7 Å². The van der Waals surface area contributed by atoms with E-state index >= 15 is 0 Å². The van der Waals surface area contributed by atoms with Gasteiger partial charge in [-0.1, -0.05) is 6.58 Å². The van der Waals surface area contributed by atoms with Crippen molar-refractivity contribution in [2.24, 2.45) is 7.05 Å². The van der Waals surface area contributed by atoms with Crippen LogP contribution in [0.15, 0.2) is 28.1 Å². The largest absolute Gasteiger partial charge is 0.462 e. The van der Waals surface area contributed by atoms with Crippen molar-refractivity contribution in [3.63, 3.8) is 0 Å². The zero-order valence-electron chi connectivity index (χ0n) is 11.9. The van der Waals surface area contributed by atoms with Gasteiger partial charge in [0, 0.05) is 19.2 Å². The van der Waals surface area contributed by atoms with Crippen LogP contribution in [0, 0.1) is 0 Å². The van der Waals surface area contributed by atoms with Crippen molar-refractivity contribution in [3.05, 3.63) is 39.3 Å². The Bertz CT molecular complexity index is 812. The zero-order valence-corrected chi connectivity index (χ0v) is 11.9. The fourth-order valence-corrected chi connectivity index (χ4v) is 1.90. The van der Waals surface area contributed by atoms with Gasteiger partial charge in [-0.3, -0.25) is 13.9 Å². The third-order valence-corrected chi connectivity index (χ3v) is 3.02. The molecule has 0 aliphatic rings. The summed E-state index contributed by atoms with van der Waals surface area (Å²) in [7, 11) is 1.54. The number of hydrogen-bond donors (Lipinski definition) is 1. The summed E-state index contributed by atoms with van der Waals surface area (Å²) in [6.45, 7) is 5.29. The Morgan fingerprint density at radius 3 is 2.86 bits per heavy atom. The molecule has 0 atom stereocenters. The van der Waals surface area contributed by atoms with Crippen LogP contribution in [0.4, 0.5) is 0 Å². The molecule has 0 aromatic carbocycles. The molecule has 0 saturated heterocycles. The lowest BCUT2D eigenvalue weighted by Crippen LogP contribution is -2.39. The zero-order chi connectivity index (χ0) is 15.6. The number of esters is 1. The van der Waals surface area contributed by atoms with Gasteiger partial charge in [0.15, 0.2) is 5.65 Å². The average Bonchev–Trinajstić information content (AvgIpc) is 2.93. The molecule has 0 unspecified atom stereocenters. The second-order valence-electron chi connectivity index (χ2n) is 4.67. The molecule has 2 rings (SSSR count). The third-order valence-electron chi connectivity index (χ3n) is 3.02. The summed E-state index contributed by atoms with van der Waals surface area (Å²) in [5, 5.41) is 0. The minimum absolute atomic E-state index is 0.113. The van der Waals surface area contributed by atoms with E-state index in [9.17, 15) is 14.4 Å². The number of ether oxygens (including phenoxy) is 1. The molecule has 0 fully saturated rings. The summed E-state index contributed by atoms with van der Waals surface area (Å²) in [5.74, 6) is -0.487. The van der Waals surface area contributed by atoms with E-state index < -0.39 is 17.2 Å². The van der Waals surface area contributed by atoms with E-state index in [0.29, 0.717) is 17.6 Å². The highest BCUT2D eigenvalue weighted by molar-refractivity contribution is 5.86. The maximum atomic E-state index is 12.2. The number of nitrogens with zero attached hydrogens (tertiary/aromatic N) is 3. The molecule has 2 aromatic heterocycles. The topological polar surface area (TPSA) is 99.0 Å². The molecule has 0 aliphatic heterocycles. The van der Waals surface area contributed by atoms with Crippen LogP contribution in [0.1, 0.15) is 13.3 Å². The summed E-state index contributed by atoms with van der Waals surface area (Å²) in [6.07, 6.45) is 1.72. The van der Waals surface area contributed by atoms with Crippen LogP contribution in [0.5, 0.6) is 0 Å². The van der Waals surface area contributed by atoms with E-state index in [0.717, 1.165) is 4.57 Å². The lowest BCUT2D eigenvalue weighted by molar-refractivity contribution is -0.139. The highest BCUT2D eigenvalue weighted by Gasteiger charge is 2.12. The molecule has 1 N–H and O–H groups in total. The lowest BCUT2D eigenvalue weighted by atomic mass is 10.3. The molecule has 112 valence electrons. The number of imidazole rings is 1. The van der Waals surface area contributed by atoms with Gasteiger partial charge in [0.1, 0.15) is 5.52 Å². The van der Waals surface area contributed by atoms with Crippen LogP contribution in [0.25, 0.3) is 11.2 Å². The standard InChI is InChI=1S/C13H16N4O4/c1-8(2)12(19)21-6-4-5-17-11(18)9-10(15-7-14-9)16(3)13(17)20/h7H,1,4-6H2,2-3H3,(H,14,15). The summed E-state index contributed by atoms with van der Waals surface area (Å²) in [6, 6.07) is 0. The van der Waals surface area contributed by atoms with Gasteiger partial charge in [0.05, 0.1) is 12.9 Å². The van der Waals surface area contributed by atoms with Crippen molar-refractivity contribution in [3.8, 4) is 0 Å². The number of carbonyl (C=O) groups is 1. The minimum Gasteiger partial charge on any atom is -0.462 e. The smallest absolute Gasteiger partial charge is 0.333 e. The Kier molecular flexibility index (Phi) is 4.06. The number of fused-ring (bicyclic) bond motifs is 1. The maximum absolute atomic E-state index is 12.2. The number of rotatable bonds is 5. The van der Waals surface area contributed by atoms with Gasteiger partial charge < -0.3 is 9.72 Å². The number of H-pyrrole nitrogens is 1. The van der Waals surface area contributed by atoms with E-state index in [1.807, 2.05) is 0 Å². The van der Waals surface area contributed by atoms with Gasteiger partial charge in [0.2, 0.25) is 0 Å². The molecule has 21 heavy (non-hydrogen) atoms. The van der Waals surface area contributed by atoms with Crippen LogP contribution in [0.3, 0.4) is 0 Å². The Balaban J connectivity index is 2.16. The minimum atomic E-state index is -0.487. The van der Waals surface area contributed by atoms with Crippen molar-refractivity contribution < 1.29 is 9.53 Å². The molecular formula is C13H16N4O4. The van der Waals surface area contributed by atoms with Crippen LogP contribution >= 0.6 is 0 Å². The molecule has 0 amide bonds. The van der Waals surface area contributed by atoms with E-state index in [1.54, 1.807) is 14.0 Å². The Labute approximate surface area is 119 Å². The van der Waals surface area contributed by atoms with Gasteiger partial charge in [-0.25, -0.2) is 14.6 Å². The highest BCUT2D eigenvalue weighted by atomic mass is 16.5. The molecule has 0 radical (unpaired) electrons. The first-order valence-electron chi connectivity index (χ1n) is 6.39. The van der Waals surface area contributed by atoms with Crippen molar-refractivity contribution in [2.45, 2.75) is 19.9 Å². The maximum Gasteiger partial charge on any atom is 0.333 e. The molecule has 2 heterocycles. The normalized spacial score (nSPS) is 10.8. The molecular weight excluding hydrogens is 276 g/mol. The Morgan fingerprint density at radius 2 is 2.19 bits per heavy atom. The summed E-state index contributed by atoms with van der Waals surface area (Å²) < 4.78 is 7.32. The lowest BCUT2D eigenvalue weighted by Gasteiger charge is -2.08. The van der Waals surface area contributed by atoms with Crippen LogP contribution < -0.4 is 11.2 Å². The van der Waals surface area contributed by atoms with E-state index in [4.69, 9.17) is 4.74 Å². The summed E-state index contributed by atoms with van der Waals surface area (Å²) in [5.41, 5.74) is 0.00982. The van der Waals surface area contributed by atoms with Crippen molar-refractivity contribution in [2.75, 3.05) is 6.61 Å². The van der Waals surface area contributed by atoms with Gasteiger partial charge in [-0.2, -0.15) is 0 Å². The second-order valence-corrected chi connectivity index (χ2v) is 4.67. The molecule has 8 heteroatoms. The number of carbonyl (C=O) groups excluding carboxylic acids is 1. The van der Waals surface area contributed by atoms with Crippen LogP contribution in [0.2, 0.25) is 0 Å². The third kappa shape index (κ3) is 2.78. The van der Waals surface area contributed by atoms with Crippen molar-refractivity contribution in [1.29, 1.82) is 0 Å². The Morgan fingerprint density at radius 1 is 1.48 bits per heavy atom. The first-order valence-corrected chi connectivity index (χ1v) is 6.39. The number of hydrogen-bond acceptors (Lipinski definition) is 5. The van der Waals surface area contributed by atoms with Crippen LogP contribution in [-0.2, 0) is 23.1 Å². The quantitative estimate of drug-likeness (QED) is 0.472. The van der Waals surface area contributed by atoms with Gasteiger partial charge in [0.25, 0.3) is 5.56 Å². The fraction of sp³-hybridized carbons (Fsp3) is 0.385. The number of aryl methyl sites for hydroxylation is 1. The van der Waals surface area contributed by atoms with Gasteiger partial charge in [-0.05, 0) is 13.3 Å². The summed E-state index contributed by atoms with van der Waals surface area (Å²) >= 11 is 0. The number of aromatic amines is 1.